The molecule has 0 saturated carbocycles. The summed E-state index contributed by atoms with van der Waals surface area (Å²) in [4.78, 5) is 26.7. The lowest BCUT2D eigenvalue weighted by atomic mass is 10.0. The van der Waals surface area contributed by atoms with E-state index >= 15 is 0 Å². The standard InChI is InChI=1S/C24H29ClN2O3/c1-17-6-3-7-18(2)23(17)30-15-5-10-22(28)27-13-11-21(12-14-27)26-24(29)19-8-4-9-20(25)16-19/h3-4,6-9,16,21H,5,10-15H2,1-2H3,(H,26,29). The van der Waals surface area contributed by atoms with Crippen molar-refractivity contribution in [2.45, 2.75) is 45.6 Å². The van der Waals surface area contributed by atoms with Gasteiger partial charge >= 0.3 is 0 Å². The minimum absolute atomic E-state index is 0.0768. The number of likely N-dealkylation sites (tertiary alicyclic amines) is 1. The highest BCUT2D eigenvalue weighted by Gasteiger charge is 2.24. The Labute approximate surface area is 183 Å². The Balaban J connectivity index is 1.37. The van der Waals surface area contributed by atoms with E-state index < -0.39 is 0 Å². The van der Waals surface area contributed by atoms with Crippen molar-refractivity contribution in [3.05, 3.63) is 64.2 Å². The minimum atomic E-state index is -0.120. The van der Waals surface area contributed by atoms with Crippen molar-refractivity contribution in [1.29, 1.82) is 0 Å². The lowest BCUT2D eigenvalue weighted by Gasteiger charge is -2.32. The van der Waals surface area contributed by atoms with E-state index in [-0.39, 0.29) is 17.9 Å². The van der Waals surface area contributed by atoms with Gasteiger partial charge in [-0.1, -0.05) is 35.9 Å². The molecule has 0 aromatic heterocycles. The van der Waals surface area contributed by atoms with Gasteiger partial charge in [-0.15, -0.1) is 0 Å². The van der Waals surface area contributed by atoms with Crippen LogP contribution in [0.1, 0.15) is 47.2 Å². The smallest absolute Gasteiger partial charge is 0.251 e. The van der Waals surface area contributed by atoms with Crippen LogP contribution in [0.15, 0.2) is 42.5 Å². The summed E-state index contributed by atoms with van der Waals surface area (Å²) < 4.78 is 5.89. The van der Waals surface area contributed by atoms with Crippen LogP contribution >= 0.6 is 11.6 Å². The minimum Gasteiger partial charge on any atom is -0.493 e. The van der Waals surface area contributed by atoms with Crippen LogP contribution in [-0.4, -0.2) is 42.5 Å². The average molecular weight is 429 g/mol. The number of para-hydroxylation sites is 1. The Morgan fingerprint density at radius 3 is 2.43 bits per heavy atom. The Hall–Kier alpha value is -2.53. The highest BCUT2D eigenvalue weighted by atomic mass is 35.5. The van der Waals surface area contributed by atoms with Crippen LogP contribution in [0.25, 0.3) is 0 Å². The van der Waals surface area contributed by atoms with Crippen LogP contribution in [-0.2, 0) is 4.79 Å². The largest absolute Gasteiger partial charge is 0.493 e. The van der Waals surface area contributed by atoms with Gasteiger partial charge in [-0.2, -0.15) is 0 Å². The van der Waals surface area contributed by atoms with Crippen molar-refractivity contribution >= 4 is 23.4 Å². The third-order valence-electron chi connectivity index (χ3n) is 5.46. The maximum absolute atomic E-state index is 12.5. The fourth-order valence-electron chi connectivity index (χ4n) is 3.75. The number of nitrogens with zero attached hydrogens (tertiary/aromatic N) is 1. The number of carbonyl (C=O) groups is 2. The zero-order valence-electron chi connectivity index (χ0n) is 17.6. The third kappa shape index (κ3) is 5.99. The number of hydrogen-bond donors (Lipinski definition) is 1. The molecular formula is C24H29ClN2O3. The molecule has 1 heterocycles. The summed E-state index contributed by atoms with van der Waals surface area (Å²) in [5, 5.41) is 3.59. The van der Waals surface area contributed by atoms with Gasteiger partial charge in [-0.05, 0) is 62.4 Å². The van der Waals surface area contributed by atoms with E-state index in [4.69, 9.17) is 16.3 Å². The molecule has 6 heteroatoms. The molecule has 0 radical (unpaired) electrons. The van der Waals surface area contributed by atoms with Gasteiger partial charge in [0.2, 0.25) is 5.91 Å². The number of benzene rings is 2. The monoisotopic (exact) mass is 428 g/mol. The van der Waals surface area contributed by atoms with E-state index in [0.29, 0.717) is 43.1 Å². The van der Waals surface area contributed by atoms with Crippen molar-refractivity contribution in [2.75, 3.05) is 19.7 Å². The quantitative estimate of drug-likeness (QED) is 0.659. The molecule has 2 aromatic carbocycles. The van der Waals surface area contributed by atoms with E-state index in [0.717, 1.165) is 29.7 Å². The third-order valence-corrected chi connectivity index (χ3v) is 5.69. The summed E-state index contributed by atoms with van der Waals surface area (Å²) in [6.45, 7) is 5.92. The molecule has 5 nitrogen and oxygen atoms in total. The average Bonchev–Trinajstić information content (AvgIpc) is 2.73. The van der Waals surface area contributed by atoms with Crippen molar-refractivity contribution in [2.24, 2.45) is 0 Å². The fourth-order valence-corrected chi connectivity index (χ4v) is 3.94. The molecule has 30 heavy (non-hydrogen) atoms. The van der Waals surface area contributed by atoms with Crippen LogP contribution in [0.2, 0.25) is 5.02 Å². The number of hydrogen-bond acceptors (Lipinski definition) is 3. The Morgan fingerprint density at radius 2 is 1.77 bits per heavy atom. The van der Waals surface area contributed by atoms with Crippen molar-refractivity contribution in [3.63, 3.8) is 0 Å². The molecular weight excluding hydrogens is 400 g/mol. The Morgan fingerprint density at radius 1 is 1.10 bits per heavy atom. The number of nitrogens with one attached hydrogen (secondary N) is 1. The van der Waals surface area contributed by atoms with Crippen LogP contribution < -0.4 is 10.1 Å². The highest BCUT2D eigenvalue weighted by Crippen LogP contribution is 2.22. The van der Waals surface area contributed by atoms with E-state index in [1.165, 1.54) is 0 Å². The molecule has 1 saturated heterocycles. The van der Waals surface area contributed by atoms with Crippen molar-refractivity contribution < 1.29 is 14.3 Å². The normalized spacial score (nSPS) is 14.4. The number of ether oxygens (including phenoxy) is 1. The maximum atomic E-state index is 12.5. The van der Waals surface area contributed by atoms with Gasteiger partial charge < -0.3 is 15.0 Å². The lowest BCUT2D eigenvalue weighted by Crippen LogP contribution is -2.46. The second-order valence-corrected chi connectivity index (χ2v) is 8.25. The van der Waals surface area contributed by atoms with Gasteiger partial charge in [-0.25, -0.2) is 0 Å². The molecule has 3 rings (SSSR count). The maximum Gasteiger partial charge on any atom is 0.251 e. The summed E-state index contributed by atoms with van der Waals surface area (Å²) in [6, 6.07) is 13.1. The topological polar surface area (TPSA) is 58.6 Å². The number of piperidine rings is 1. The fraction of sp³-hybridized carbons (Fsp3) is 0.417. The van der Waals surface area contributed by atoms with Gasteiger partial charge in [0.1, 0.15) is 5.75 Å². The molecule has 2 aromatic rings. The first-order valence-electron chi connectivity index (χ1n) is 10.5. The summed E-state index contributed by atoms with van der Waals surface area (Å²) in [6.07, 6.45) is 2.69. The lowest BCUT2D eigenvalue weighted by molar-refractivity contribution is -0.132. The summed E-state index contributed by atoms with van der Waals surface area (Å²) in [7, 11) is 0. The van der Waals surface area contributed by atoms with Crippen LogP contribution in [0, 0.1) is 13.8 Å². The Bertz CT molecular complexity index is 872. The molecule has 1 fully saturated rings. The molecule has 0 bridgehead atoms. The van der Waals surface area contributed by atoms with Crippen LogP contribution in [0.5, 0.6) is 5.75 Å². The number of amides is 2. The van der Waals surface area contributed by atoms with Gasteiger partial charge in [0.15, 0.2) is 0 Å². The predicted octanol–water partition coefficient (Wildman–Crippen LogP) is 4.54. The van der Waals surface area contributed by atoms with Gasteiger partial charge in [0, 0.05) is 36.1 Å². The summed E-state index contributed by atoms with van der Waals surface area (Å²) in [5.41, 5.74) is 2.79. The highest BCUT2D eigenvalue weighted by molar-refractivity contribution is 6.30. The number of carbonyl (C=O) groups excluding carboxylic acids is 2. The van der Waals surface area contributed by atoms with Gasteiger partial charge in [0.05, 0.1) is 6.61 Å². The molecule has 0 aliphatic carbocycles. The van der Waals surface area contributed by atoms with E-state index in [1.54, 1.807) is 24.3 Å². The molecule has 0 atom stereocenters. The molecule has 160 valence electrons. The van der Waals surface area contributed by atoms with Crippen molar-refractivity contribution in [3.8, 4) is 5.75 Å². The van der Waals surface area contributed by atoms with Gasteiger partial charge in [0.25, 0.3) is 5.91 Å². The van der Waals surface area contributed by atoms with Crippen molar-refractivity contribution in [1.82, 2.24) is 10.2 Å². The second kappa shape index (κ2) is 10.5. The molecule has 1 N–H and O–H groups in total. The first kappa shape index (κ1) is 22.2. The first-order chi connectivity index (χ1) is 14.4. The van der Waals surface area contributed by atoms with Gasteiger partial charge in [-0.3, -0.25) is 9.59 Å². The number of halogens is 1. The second-order valence-electron chi connectivity index (χ2n) is 7.81. The SMILES string of the molecule is Cc1cccc(C)c1OCCCC(=O)N1CCC(NC(=O)c2cccc(Cl)c2)CC1. The molecule has 0 spiro atoms. The van der Waals surface area contributed by atoms with Crippen LogP contribution in [0.3, 0.4) is 0 Å². The molecule has 1 aliphatic heterocycles. The zero-order valence-corrected chi connectivity index (χ0v) is 18.4. The van der Waals surface area contributed by atoms with Crippen LogP contribution in [0.4, 0.5) is 0 Å². The Kier molecular flexibility index (Phi) is 7.75. The molecule has 2 amide bonds. The predicted molar refractivity (Wildman–Crippen MR) is 119 cm³/mol. The zero-order chi connectivity index (χ0) is 21.5. The van der Waals surface area contributed by atoms with E-state index in [1.807, 2.05) is 36.9 Å². The molecule has 0 unspecified atom stereocenters. The summed E-state index contributed by atoms with van der Waals surface area (Å²) >= 11 is 5.95. The number of rotatable bonds is 7. The van der Waals surface area contributed by atoms with E-state index in [2.05, 4.69) is 5.32 Å². The summed E-state index contributed by atoms with van der Waals surface area (Å²) in [5.74, 6) is 0.951. The number of aryl methyl sites for hydroxylation is 2. The first-order valence-corrected chi connectivity index (χ1v) is 10.8. The molecule has 1 aliphatic rings. The van der Waals surface area contributed by atoms with E-state index in [9.17, 15) is 9.59 Å².